The smallest absolute Gasteiger partial charge is 0.251 e. The second kappa shape index (κ2) is 9.93. The fraction of sp³-hybridized carbons (Fsp3) is 0.391. The summed E-state index contributed by atoms with van der Waals surface area (Å²) in [4.78, 5) is 24.2. The Balaban J connectivity index is 1.71. The molecule has 28 heavy (non-hydrogen) atoms. The first-order chi connectivity index (χ1) is 13.3. The van der Waals surface area contributed by atoms with E-state index in [9.17, 15) is 9.59 Å². The van der Waals surface area contributed by atoms with Crippen molar-refractivity contribution in [2.24, 2.45) is 0 Å². The van der Waals surface area contributed by atoms with Gasteiger partial charge in [0.05, 0.1) is 13.0 Å². The van der Waals surface area contributed by atoms with Gasteiger partial charge in [0.15, 0.2) is 0 Å². The van der Waals surface area contributed by atoms with Crippen molar-refractivity contribution in [1.29, 1.82) is 0 Å². The fourth-order valence-electron chi connectivity index (χ4n) is 2.72. The molecule has 0 spiro atoms. The van der Waals surface area contributed by atoms with E-state index in [-0.39, 0.29) is 17.2 Å². The summed E-state index contributed by atoms with van der Waals surface area (Å²) in [7, 11) is 0. The molecule has 0 heterocycles. The Morgan fingerprint density at radius 3 is 2.07 bits per heavy atom. The van der Waals surface area contributed by atoms with E-state index >= 15 is 0 Å². The molecule has 0 aliphatic rings. The summed E-state index contributed by atoms with van der Waals surface area (Å²) in [6.07, 6.45) is 0.300. The van der Waals surface area contributed by atoms with Gasteiger partial charge in [-0.3, -0.25) is 9.59 Å². The fourth-order valence-corrected chi connectivity index (χ4v) is 2.72. The molecule has 0 fully saturated rings. The van der Waals surface area contributed by atoms with E-state index in [4.69, 9.17) is 4.74 Å². The third-order valence-corrected chi connectivity index (χ3v) is 4.34. The van der Waals surface area contributed by atoms with Crippen LogP contribution in [0.2, 0.25) is 0 Å². The number of amides is 2. The molecule has 150 valence electrons. The summed E-state index contributed by atoms with van der Waals surface area (Å²) in [6, 6.07) is 15.1. The van der Waals surface area contributed by atoms with E-state index in [1.807, 2.05) is 55.5 Å². The van der Waals surface area contributed by atoms with Crippen molar-refractivity contribution in [3.05, 3.63) is 65.2 Å². The van der Waals surface area contributed by atoms with Crippen LogP contribution in [0, 0.1) is 0 Å². The van der Waals surface area contributed by atoms with Crippen LogP contribution in [-0.2, 0) is 16.6 Å². The molecule has 5 nitrogen and oxygen atoms in total. The Morgan fingerprint density at radius 1 is 0.893 bits per heavy atom. The zero-order valence-corrected chi connectivity index (χ0v) is 17.2. The lowest BCUT2D eigenvalue weighted by Crippen LogP contribution is -2.35. The maximum Gasteiger partial charge on any atom is 0.251 e. The molecule has 2 amide bonds. The van der Waals surface area contributed by atoms with Gasteiger partial charge in [-0.15, -0.1) is 0 Å². The maximum atomic E-state index is 12.2. The summed E-state index contributed by atoms with van der Waals surface area (Å²) in [5.74, 6) is 0.582. The molecular weight excluding hydrogens is 352 g/mol. The van der Waals surface area contributed by atoms with Crippen LogP contribution in [0.5, 0.6) is 5.75 Å². The molecule has 0 aromatic heterocycles. The number of nitrogens with one attached hydrogen (secondary N) is 2. The zero-order chi connectivity index (χ0) is 20.6. The highest BCUT2D eigenvalue weighted by molar-refractivity contribution is 5.94. The van der Waals surface area contributed by atoms with Crippen molar-refractivity contribution in [1.82, 2.24) is 10.6 Å². The van der Waals surface area contributed by atoms with Crippen LogP contribution >= 0.6 is 0 Å². The zero-order valence-electron chi connectivity index (χ0n) is 17.2. The summed E-state index contributed by atoms with van der Waals surface area (Å²) >= 11 is 0. The molecule has 0 radical (unpaired) electrons. The molecule has 2 N–H and O–H groups in total. The summed E-state index contributed by atoms with van der Waals surface area (Å²) in [5, 5.41) is 5.65. The van der Waals surface area contributed by atoms with Gasteiger partial charge in [-0.2, -0.15) is 0 Å². The van der Waals surface area contributed by atoms with E-state index in [0.29, 0.717) is 31.7 Å². The maximum absolute atomic E-state index is 12.2. The van der Waals surface area contributed by atoms with Crippen molar-refractivity contribution in [3.8, 4) is 5.75 Å². The molecule has 2 aromatic rings. The molecule has 0 saturated heterocycles. The van der Waals surface area contributed by atoms with Crippen LogP contribution in [0.1, 0.15) is 49.2 Å². The molecule has 0 saturated carbocycles. The molecule has 0 aliphatic carbocycles. The van der Waals surface area contributed by atoms with E-state index < -0.39 is 0 Å². The normalized spacial score (nSPS) is 11.0. The minimum Gasteiger partial charge on any atom is -0.494 e. The second-order valence-electron chi connectivity index (χ2n) is 7.69. The molecule has 2 rings (SSSR count). The predicted molar refractivity (Wildman–Crippen MR) is 112 cm³/mol. The van der Waals surface area contributed by atoms with Crippen LogP contribution in [0.25, 0.3) is 0 Å². The van der Waals surface area contributed by atoms with Gasteiger partial charge < -0.3 is 15.4 Å². The highest BCUT2D eigenvalue weighted by Crippen LogP contribution is 2.22. The van der Waals surface area contributed by atoms with Crippen molar-refractivity contribution in [2.75, 3.05) is 19.7 Å². The van der Waals surface area contributed by atoms with Gasteiger partial charge in [-0.1, -0.05) is 45.0 Å². The molecule has 2 aromatic carbocycles. The number of carbonyl (C=O) groups is 2. The van der Waals surface area contributed by atoms with Gasteiger partial charge in [-0.05, 0) is 47.7 Å². The Morgan fingerprint density at radius 2 is 1.50 bits per heavy atom. The van der Waals surface area contributed by atoms with Gasteiger partial charge in [0.25, 0.3) is 5.91 Å². The summed E-state index contributed by atoms with van der Waals surface area (Å²) < 4.78 is 5.39. The quantitative estimate of drug-likeness (QED) is 0.687. The molecule has 5 heteroatoms. The van der Waals surface area contributed by atoms with Crippen LogP contribution < -0.4 is 15.4 Å². The van der Waals surface area contributed by atoms with Crippen molar-refractivity contribution >= 4 is 11.8 Å². The second-order valence-corrected chi connectivity index (χ2v) is 7.69. The number of carbonyl (C=O) groups excluding carboxylic acids is 2. The highest BCUT2D eigenvalue weighted by atomic mass is 16.5. The topological polar surface area (TPSA) is 67.4 Å². The molecular formula is C23H30N2O3. The van der Waals surface area contributed by atoms with E-state index in [2.05, 4.69) is 31.4 Å². The number of hydrogen-bond donors (Lipinski definition) is 2. The summed E-state index contributed by atoms with van der Waals surface area (Å²) in [6.45, 7) is 9.73. The Bertz CT molecular complexity index is 775. The first-order valence-electron chi connectivity index (χ1n) is 9.67. The molecule has 0 atom stereocenters. The lowest BCUT2D eigenvalue weighted by atomic mass is 9.87. The number of benzene rings is 2. The van der Waals surface area contributed by atoms with E-state index in [1.54, 1.807) is 0 Å². The number of rotatable bonds is 8. The molecule has 0 aliphatic heterocycles. The van der Waals surface area contributed by atoms with Gasteiger partial charge in [0.2, 0.25) is 5.91 Å². The first-order valence-corrected chi connectivity index (χ1v) is 9.67. The lowest BCUT2D eigenvalue weighted by molar-refractivity contribution is -0.120. The monoisotopic (exact) mass is 382 g/mol. The molecule has 0 bridgehead atoms. The van der Waals surface area contributed by atoms with Crippen LogP contribution in [0.4, 0.5) is 0 Å². The minimum absolute atomic E-state index is 0.0582. The number of hydrogen-bond acceptors (Lipinski definition) is 3. The Kier molecular flexibility index (Phi) is 7.61. The lowest BCUT2D eigenvalue weighted by Gasteiger charge is -2.19. The van der Waals surface area contributed by atoms with Gasteiger partial charge >= 0.3 is 0 Å². The average Bonchev–Trinajstić information content (AvgIpc) is 2.66. The van der Waals surface area contributed by atoms with Crippen molar-refractivity contribution < 1.29 is 14.3 Å². The van der Waals surface area contributed by atoms with Gasteiger partial charge in [0, 0.05) is 18.7 Å². The number of ether oxygens (including phenoxy) is 1. The standard InChI is InChI=1S/C23H30N2O3/c1-5-28-20-12-6-17(7-13-20)16-21(26)24-14-15-25-22(27)18-8-10-19(11-9-18)23(2,3)4/h6-13H,5,14-16H2,1-4H3,(H,24,26)(H,25,27). The Hall–Kier alpha value is -2.82. The van der Waals surface area contributed by atoms with Gasteiger partial charge in [0.1, 0.15) is 5.75 Å². The van der Waals surface area contributed by atoms with Crippen molar-refractivity contribution in [3.63, 3.8) is 0 Å². The van der Waals surface area contributed by atoms with Crippen LogP contribution in [0.15, 0.2) is 48.5 Å². The van der Waals surface area contributed by atoms with Gasteiger partial charge in [-0.25, -0.2) is 0 Å². The van der Waals surface area contributed by atoms with E-state index in [0.717, 1.165) is 11.3 Å². The Labute approximate surface area is 167 Å². The SMILES string of the molecule is CCOc1ccc(CC(=O)NCCNC(=O)c2ccc(C(C)(C)C)cc2)cc1. The van der Waals surface area contributed by atoms with Crippen molar-refractivity contribution in [2.45, 2.75) is 39.5 Å². The third-order valence-electron chi connectivity index (χ3n) is 4.34. The average molecular weight is 383 g/mol. The highest BCUT2D eigenvalue weighted by Gasteiger charge is 2.14. The predicted octanol–water partition coefficient (Wildman–Crippen LogP) is 3.47. The largest absolute Gasteiger partial charge is 0.494 e. The summed E-state index contributed by atoms with van der Waals surface area (Å²) in [5.41, 5.74) is 2.78. The minimum atomic E-state index is -0.138. The molecule has 0 unspecified atom stereocenters. The van der Waals surface area contributed by atoms with Crippen LogP contribution in [-0.4, -0.2) is 31.5 Å². The van der Waals surface area contributed by atoms with Crippen LogP contribution in [0.3, 0.4) is 0 Å². The third kappa shape index (κ3) is 6.72. The first kappa shape index (κ1) is 21.5. The van der Waals surface area contributed by atoms with E-state index in [1.165, 1.54) is 5.56 Å².